The van der Waals surface area contributed by atoms with Gasteiger partial charge in [0.2, 0.25) is 0 Å². The highest BCUT2D eigenvalue weighted by molar-refractivity contribution is 5.90. The Bertz CT molecular complexity index is 626. The van der Waals surface area contributed by atoms with Crippen LogP contribution in [0.4, 0.5) is 10.5 Å². The Morgan fingerprint density at radius 1 is 1.09 bits per heavy atom. The number of carbonyl (C=O) groups is 1. The molecule has 0 unspecified atom stereocenters. The molecule has 0 spiro atoms. The van der Waals surface area contributed by atoms with E-state index in [9.17, 15) is 4.79 Å². The summed E-state index contributed by atoms with van der Waals surface area (Å²) in [5, 5.41) is 5.55. The molecular formula is C18H22N2O3. The molecule has 5 heteroatoms. The van der Waals surface area contributed by atoms with E-state index >= 15 is 0 Å². The highest BCUT2D eigenvalue weighted by Crippen LogP contribution is 2.22. The molecule has 0 saturated carbocycles. The molecular weight excluding hydrogens is 292 g/mol. The molecule has 23 heavy (non-hydrogen) atoms. The summed E-state index contributed by atoms with van der Waals surface area (Å²) in [5.41, 5.74) is 1.84. The van der Waals surface area contributed by atoms with Gasteiger partial charge in [-0.2, -0.15) is 0 Å². The van der Waals surface area contributed by atoms with Crippen molar-refractivity contribution in [2.24, 2.45) is 0 Å². The van der Waals surface area contributed by atoms with Crippen LogP contribution in [0.5, 0.6) is 11.5 Å². The predicted molar refractivity (Wildman–Crippen MR) is 91.3 cm³/mol. The second kappa shape index (κ2) is 8.68. The SMILES string of the molecule is COc1ccccc1NC(=O)NCCCOc1ccc(C)cc1. The zero-order valence-corrected chi connectivity index (χ0v) is 13.5. The quantitative estimate of drug-likeness (QED) is 0.768. The van der Waals surface area contributed by atoms with Gasteiger partial charge >= 0.3 is 6.03 Å². The molecule has 2 aromatic carbocycles. The lowest BCUT2D eigenvalue weighted by atomic mass is 10.2. The zero-order chi connectivity index (χ0) is 16.5. The lowest BCUT2D eigenvalue weighted by molar-refractivity contribution is 0.250. The molecule has 0 radical (unpaired) electrons. The maximum absolute atomic E-state index is 11.8. The fourth-order valence-electron chi connectivity index (χ4n) is 2.01. The first-order chi connectivity index (χ1) is 11.2. The van der Waals surface area contributed by atoms with Gasteiger partial charge in [0.15, 0.2) is 0 Å². The van der Waals surface area contributed by atoms with Crippen molar-refractivity contribution in [2.75, 3.05) is 25.6 Å². The van der Waals surface area contributed by atoms with Crippen molar-refractivity contribution in [1.29, 1.82) is 0 Å². The Balaban J connectivity index is 1.66. The van der Waals surface area contributed by atoms with Crippen LogP contribution < -0.4 is 20.1 Å². The maximum Gasteiger partial charge on any atom is 0.319 e. The lowest BCUT2D eigenvalue weighted by Crippen LogP contribution is -2.30. The molecule has 0 fully saturated rings. The summed E-state index contributed by atoms with van der Waals surface area (Å²) >= 11 is 0. The number of nitrogens with one attached hydrogen (secondary N) is 2. The minimum atomic E-state index is -0.259. The van der Waals surface area contributed by atoms with Gasteiger partial charge < -0.3 is 20.1 Å². The number of amides is 2. The number of urea groups is 1. The van der Waals surface area contributed by atoms with Crippen LogP contribution in [-0.2, 0) is 0 Å². The van der Waals surface area contributed by atoms with Gasteiger partial charge in [0.25, 0.3) is 0 Å². The highest BCUT2D eigenvalue weighted by Gasteiger charge is 2.05. The van der Waals surface area contributed by atoms with Gasteiger partial charge in [-0.05, 0) is 37.6 Å². The first kappa shape index (κ1) is 16.7. The average molecular weight is 314 g/mol. The van der Waals surface area contributed by atoms with Crippen molar-refractivity contribution in [3.8, 4) is 11.5 Å². The average Bonchev–Trinajstić information content (AvgIpc) is 2.57. The van der Waals surface area contributed by atoms with E-state index in [0.717, 1.165) is 12.2 Å². The number of carbonyl (C=O) groups excluding carboxylic acids is 1. The van der Waals surface area contributed by atoms with Gasteiger partial charge in [0.1, 0.15) is 11.5 Å². The number of methoxy groups -OCH3 is 1. The number of rotatable bonds is 7. The molecule has 0 aliphatic rings. The van der Waals surface area contributed by atoms with Crippen molar-refractivity contribution >= 4 is 11.7 Å². The van der Waals surface area contributed by atoms with E-state index in [4.69, 9.17) is 9.47 Å². The van der Waals surface area contributed by atoms with E-state index < -0.39 is 0 Å². The van der Waals surface area contributed by atoms with Crippen molar-refractivity contribution in [1.82, 2.24) is 5.32 Å². The van der Waals surface area contributed by atoms with Crippen LogP contribution in [0.2, 0.25) is 0 Å². The van der Waals surface area contributed by atoms with E-state index in [1.54, 1.807) is 19.2 Å². The number of anilines is 1. The fraction of sp³-hybridized carbons (Fsp3) is 0.278. The molecule has 0 saturated heterocycles. The predicted octanol–water partition coefficient (Wildman–Crippen LogP) is 3.59. The molecule has 0 aromatic heterocycles. The normalized spacial score (nSPS) is 10.0. The number of hydrogen-bond donors (Lipinski definition) is 2. The first-order valence-electron chi connectivity index (χ1n) is 7.56. The van der Waals surface area contributed by atoms with Crippen LogP contribution in [0.15, 0.2) is 48.5 Å². The molecule has 2 N–H and O–H groups in total. The Morgan fingerprint density at radius 2 is 1.83 bits per heavy atom. The first-order valence-corrected chi connectivity index (χ1v) is 7.56. The van der Waals surface area contributed by atoms with Crippen LogP contribution in [0, 0.1) is 6.92 Å². The molecule has 2 aromatic rings. The van der Waals surface area contributed by atoms with Gasteiger partial charge in [-0.15, -0.1) is 0 Å². The van der Waals surface area contributed by atoms with Crippen LogP contribution in [0.1, 0.15) is 12.0 Å². The summed E-state index contributed by atoms with van der Waals surface area (Å²) in [7, 11) is 1.57. The molecule has 5 nitrogen and oxygen atoms in total. The van der Waals surface area contributed by atoms with E-state index in [1.165, 1.54) is 5.56 Å². The smallest absolute Gasteiger partial charge is 0.319 e. The largest absolute Gasteiger partial charge is 0.495 e. The van der Waals surface area contributed by atoms with E-state index in [2.05, 4.69) is 10.6 Å². The second-order valence-corrected chi connectivity index (χ2v) is 5.10. The topological polar surface area (TPSA) is 59.6 Å². The van der Waals surface area contributed by atoms with Gasteiger partial charge in [0, 0.05) is 6.54 Å². The Labute approximate surface area is 136 Å². The summed E-state index contributed by atoms with van der Waals surface area (Å²) in [5.74, 6) is 1.47. The molecule has 2 amide bonds. The van der Waals surface area contributed by atoms with Gasteiger partial charge in [-0.25, -0.2) is 4.79 Å². The third-order valence-electron chi connectivity index (χ3n) is 3.25. The molecule has 0 aliphatic heterocycles. The molecule has 122 valence electrons. The lowest BCUT2D eigenvalue weighted by Gasteiger charge is -2.11. The number of aryl methyl sites for hydroxylation is 1. The van der Waals surface area contributed by atoms with E-state index in [1.807, 2.05) is 43.3 Å². The van der Waals surface area contributed by atoms with Crippen molar-refractivity contribution in [3.63, 3.8) is 0 Å². The molecule has 2 rings (SSSR count). The van der Waals surface area contributed by atoms with E-state index in [0.29, 0.717) is 24.6 Å². The standard InChI is InChI=1S/C18H22N2O3/c1-14-8-10-15(11-9-14)23-13-5-12-19-18(21)20-16-6-3-4-7-17(16)22-2/h3-4,6-11H,5,12-13H2,1-2H3,(H2,19,20,21). The van der Waals surface area contributed by atoms with Crippen molar-refractivity contribution in [2.45, 2.75) is 13.3 Å². The molecule has 0 aliphatic carbocycles. The fourth-order valence-corrected chi connectivity index (χ4v) is 2.01. The zero-order valence-electron chi connectivity index (χ0n) is 13.5. The van der Waals surface area contributed by atoms with Gasteiger partial charge in [-0.1, -0.05) is 29.8 Å². The minimum absolute atomic E-state index is 0.259. The van der Waals surface area contributed by atoms with Gasteiger partial charge in [-0.3, -0.25) is 0 Å². The molecule has 0 bridgehead atoms. The van der Waals surface area contributed by atoms with E-state index in [-0.39, 0.29) is 6.03 Å². The monoisotopic (exact) mass is 314 g/mol. The minimum Gasteiger partial charge on any atom is -0.495 e. The number of para-hydroxylation sites is 2. The Hall–Kier alpha value is -2.69. The highest BCUT2D eigenvalue weighted by atomic mass is 16.5. The van der Waals surface area contributed by atoms with Gasteiger partial charge in [0.05, 0.1) is 19.4 Å². The number of benzene rings is 2. The van der Waals surface area contributed by atoms with Crippen molar-refractivity contribution in [3.05, 3.63) is 54.1 Å². The van der Waals surface area contributed by atoms with Crippen LogP contribution in [0.3, 0.4) is 0 Å². The van der Waals surface area contributed by atoms with Crippen molar-refractivity contribution < 1.29 is 14.3 Å². The maximum atomic E-state index is 11.8. The Kier molecular flexibility index (Phi) is 6.29. The van der Waals surface area contributed by atoms with Crippen LogP contribution in [0.25, 0.3) is 0 Å². The summed E-state index contributed by atoms with van der Waals surface area (Å²) in [6, 6.07) is 14.9. The molecule has 0 heterocycles. The number of hydrogen-bond acceptors (Lipinski definition) is 3. The second-order valence-electron chi connectivity index (χ2n) is 5.10. The van der Waals surface area contributed by atoms with Crippen LogP contribution in [-0.4, -0.2) is 26.3 Å². The Morgan fingerprint density at radius 3 is 2.57 bits per heavy atom. The third kappa shape index (κ3) is 5.54. The summed E-state index contributed by atoms with van der Waals surface area (Å²) in [6.07, 6.45) is 0.729. The summed E-state index contributed by atoms with van der Waals surface area (Å²) < 4.78 is 10.8. The molecule has 0 atom stereocenters. The number of ether oxygens (including phenoxy) is 2. The summed E-state index contributed by atoms with van der Waals surface area (Å²) in [6.45, 7) is 3.12. The summed E-state index contributed by atoms with van der Waals surface area (Å²) in [4.78, 5) is 11.8. The van der Waals surface area contributed by atoms with Crippen LogP contribution >= 0.6 is 0 Å². The third-order valence-corrected chi connectivity index (χ3v) is 3.25.